The Hall–Kier alpha value is -2.22. The molecule has 1 aliphatic heterocycles. The molecule has 2 aromatic rings. The Morgan fingerprint density at radius 2 is 2.10 bits per heavy atom. The average molecular weight is 272 g/mol. The molecule has 1 aromatic carbocycles. The van der Waals surface area contributed by atoms with Gasteiger partial charge in [-0.05, 0) is 47.2 Å². The van der Waals surface area contributed by atoms with Crippen molar-refractivity contribution in [2.45, 2.75) is 18.3 Å². The van der Waals surface area contributed by atoms with Gasteiger partial charge in [-0.25, -0.2) is 0 Å². The Kier molecular flexibility index (Phi) is 1.51. The second-order valence-corrected chi connectivity index (χ2v) is 6.81. The minimum absolute atomic E-state index is 0.131. The molecular weight excluding hydrogens is 256 g/mol. The predicted molar refractivity (Wildman–Crippen MR) is 83.8 cm³/mol. The van der Waals surface area contributed by atoms with Crippen LogP contribution >= 0.6 is 0 Å². The van der Waals surface area contributed by atoms with E-state index in [1.165, 1.54) is 34.5 Å². The molecule has 2 N–H and O–H groups in total. The molecule has 3 aliphatic carbocycles. The lowest BCUT2D eigenvalue weighted by Crippen LogP contribution is -2.55. The highest BCUT2D eigenvalue weighted by molar-refractivity contribution is 5.79. The number of aromatic nitrogens is 1. The molecule has 102 valence electrons. The quantitative estimate of drug-likeness (QED) is 0.757. The number of allylic oxidation sites excluding steroid dienone is 1. The summed E-state index contributed by atoms with van der Waals surface area (Å²) in [6.07, 6.45) is 11.7. The minimum atomic E-state index is 0.131. The van der Waals surface area contributed by atoms with Gasteiger partial charge in [0.2, 0.25) is 0 Å². The summed E-state index contributed by atoms with van der Waals surface area (Å²) < 4.78 is 0. The van der Waals surface area contributed by atoms with Gasteiger partial charge in [-0.2, -0.15) is 0 Å². The lowest BCUT2D eigenvalue weighted by atomic mass is 9.51. The van der Waals surface area contributed by atoms with E-state index in [2.05, 4.69) is 59.0 Å². The smallest absolute Gasteiger partial charge is 0.0463 e. The van der Waals surface area contributed by atoms with Gasteiger partial charge >= 0.3 is 0 Å². The van der Waals surface area contributed by atoms with Crippen molar-refractivity contribution in [3.8, 4) is 0 Å². The number of hydrogen-bond acceptors (Lipinski definition) is 1. The van der Waals surface area contributed by atoms with Gasteiger partial charge in [0.15, 0.2) is 0 Å². The zero-order valence-corrected chi connectivity index (χ0v) is 11.7. The second kappa shape index (κ2) is 3.01. The molecule has 1 saturated heterocycles. The van der Waals surface area contributed by atoms with Crippen molar-refractivity contribution in [1.29, 1.82) is 0 Å². The molecule has 2 heterocycles. The van der Waals surface area contributed by atoms with Crippen LogP contribution in [0.5, 0.6) is 0 Å². The molecule has 0 amide bonds. The van der Waals surface area contributed by atoms with Crippen molar-refractivity contribution in [1.82, 2.24) is 10.3 Å². The van der Waals surface area contributed by atoms with Gasteiger partial charge in [0.25, 0.3) is 0 Å². The fourth-order valence-corrected chi connectivity index (χ4v) is 5.52. The summed E-state index contributed by atoms with van der Waals surface area (Å²) in [5, 5.41) is 3.70. The summed E-state index contributed by atoms with van der Waals surface area (Å²) in [6.45, 7) is 1.07. The van der Waals surface area contributed by atoms with Crippen molar-refractivity contribution in [2.75, 3.05) is 6.54 Å². The van der Waals surface area contributed by atoms with Gasteiger partial charge < -0.3 is 10.3 Å². The van der Waals surface area contributed by atoms with Gasteiger partial charge in [0, 0.05) is 35.0 Å². The van der Waals surface area contributed by atoms with Crippen LogP contribution in [0.3, 0.4) is 0 Å². The molecule has 1 aromatic heterocycles. The Morgan fingerprint density at radius 1 is 1.14 bits per heavy atom. The summed E-state index contributed by atoms with van der Waals surface area (Å²) in [5.41, 5.74) is 9.04. The highest BCUT2D eigenvalue weighted by Gasteiger charge is 2.64. The van der Waals surface area contributed by atoms with E-state index in [1.54, 1.807) is 5.56 Å². The van der Waals surface area contributed by atoms with E-state index < -0.39 is 0 Å². The van der Waals surface area contributed by atoms with Gasteiger partial charge in [0.1, 0.15) is 0 Å². The maximum atomic E-state index is 3.70. The third-order valence-electron chi connectivity index (χ3n) is 6.20. The van der Waals surface area contributed by atoms with E-state index in [4.69, 9.17) is 0 Å². The van der Waals surface area contributed by atoms with Crippen LogP contribution in [0, 0.1) is 5.41 Å². The number of fused-ring (bicyclic) bond motifs is 1. The number of benzene rings is 1. The molecule has 2 unspecified atom stereocenters. The maximum absolute atomic E-state index is 3.70. The number of nitrogens with one attached hydrogen (secondary N) is 2. The zero-order valence-electron chi connectivity index (χ0n) is 11.7. The number of hydrogen-bond donors (Lipinski definition) is 2. The standard InChI is InChI=1S/C19H16N2/c1-2-4-14-12(3-1)9-16-18-6-5-15-17(13(10-18)11-21-15)19(14,18)7-8-20-16/h1-6,9,11,20-21H,7-8,10H2. The molecular formula is C19H16N2. The van der Waals surface area contributed by atoms with Crippen molar-refractivity contribution < 1.29 is 0 Å². The van der Waals surface area contributed by atoms with E-state index in [-0.39, 0.29) is 10.8 Å². The van der Waals surface area contributed by atoms with Crippen LogP contribution in [0.15, 0.2) is 42.2 Å². The summed E-state index contributed by atoms with van der Waals surface area (Å²) in [6, 6.07) is 8.98. The Morgan fingerprint density at radius 3 is 3.10 bits per heavy atom. The highest BCUT2D eigenvalue weighted by Crippen LogP contribution is 2.67. The molecule has 0 saturated carbocycles. The normalized spacial score (nSPS) is 33.0. The van der Waals surface area contributed by atoms with E-state index in [0.29, 0.717) is 0 Å². The van der Waals surface area contributed by atoms with Crippen molar-refractivity contribution in [3.05, 3.63) is 70.2 Å². The number of piperidine rings is 1. The molecule has 21 heavy (non-hydrogen) atoms. The molecule has 6 rings (SSSR count). The summed E-state index contributed by atoms with van der Waals surface area (Å²) in [4.78, 5) is 3.50. The topological polar surface area (TPSA) is 27.8 Å². The third kappa shape index (κ3) is 0.884. The molecule has 2 nitrogen and oxygen atoms in total. The van der Waals surface area contributed by atoms with Gasteiger partial charge in [-0.1, -0.05) is 30.3 Å². The van der Waals surface area contributed by atoms with Crippen LogP contribution in [-0.4, -0.2) is 11.5 Å². The van der Waals surface area contributed by atoms with Crippen molar-refractivity contribution in [3.63, 3.8) is 0 Å². The Bertz CT molecular complexity index is 869. The van der Waals surface area contributed by atoms with Crippen molar-refractivity contribution in [2.24, 2.45) is 5.41 Å². The van der Waals surface area contributed by atoms with E-state index >= 15 is 0 Å². The summed E-state index contributed by atoms with van der Waals surface area (Å²) in [7, 11) is 0. The molecule has 2 heteroatoms. The Balaban J connectivity index is 1.85. The van der Waals surface area contributed by atoms with Crippen LogP contribution in [0.2, 0.25) is 0 Å². The number of aromatic amines is 1. The Labute approximate surface area is 123 Å². The molecule has 4 aliphatic rings. The van der Waals surface area contributed by atoms with Crippen LogP contribution in [0.4, 0.5) is 0 Å². The molecule has 1 fully saturated rings. The van der Waals surface area contributed by atoms with Crippen LogP contribution < -0.4 is 5.32 Å². The fraction of sp³-hybridized carbons (Fsp3) is 0.263. The molecule has 0 spiro atoms. The van der Waals surface area contributed by atoms with Gasteiger partial charge in [-0.15, -0.1) is 0 Å². The molecule has 4 bridgehead atoms. The van der Waals surface area contributed by atoms with Gasteiger partial charge in [0.05, 0.1) is 0 Å². The summed E-state index contributed by atoms with van der Waals surface area (Å²) >= 11 is 0. The molecule has 0 radical (unpaired) electrons. The van der Waals surface area contributed by atoms with Crippen LogP contribution in [0.25, 0.3) is 12.2 Å². The van der Waals surface area contributed by atoms with E-state index in [9.17, 15) is 0 Å². The SMILES string of the molecule is C1=CC23Cc4c[nH]c1c4C21CCNC3=Cc2ccccc21. The van der Waals surface area contributed by atoms with Crippen LogP contribution in [0.1, 0.15) is 34.4 Å². The first-order valence-corrected chi connectivity index (χ1v) is 7.81. The molecule has 2 atom stereocenters. The van der Waals surface area contributed by atoms with E-state index in [1.807, 2.05) is 0 Å². The summed E-state index contributed by atoms with van der Waals surface area (Å²) in [5.74, 6) is 0. The third-order valence-corrected chi connectivity index (χ3v) is 6.20. The zero-order chi connectivity index (χ0) is 13.7. The predicted octanol–water partition coefficient (Wildman–Crippen LogP) is 3.22. The monoisotopic (exact) mass is 272 g/mol. The van der Waals surface area contributed by atoms with E-state index in [0.717, 1.165) is 13.0 Å². The number of H-pyrrole nitrogens is 1. The largest absolute Gasteiger partial charge is 0.388 e. The lowest BCUT2D eigenvalue weighted by Gasteiger charge is -2.55. The highest BCUT2D eigenvalue weighted by atomic mass is 15.0. The van der Waals surface area contributed by atoms with Crippen LogP contribution in [-0.2, 0) is 11.8 Å². The second-order valence-electron chi connectivity index (χ2n) is 6.81. The number of rotatable bonds is 0. The lowest BCUT2D eigenvalue weighted by molar-refractivity contribution is 0.221. The first-order chi connectivity index (χ1) is 10.4. The van der Waals surface area contributed by atoms with Gasteiger partial charge in [-0.3, -0.25) is 0 Å². The first-order valence-electron chi connectivity index (χ1n) is 7.81. The average Bonchev–Trinajstić information content (AvgIpc) is 2.97. The minimum Gasteiger partial charge on any atom is -0.388 e. The maximum Gasteiger partial charge on any atom is 0.0463 e. The van der Waals surface area contributed by atoms with Crippen molar-refractivity contribution >= 4 is 12.2 Å². The first kappa shape index (κ1) is 10.5. The fourth-order valence-electron chi connectivity index (χ4n) is 5.52.